The van der Waals surface area contributed by atoms with E-state index < -0.39 is 0 Å². The van der Waals surface area contributed by atoms with E-state index in [-0.39, 0.29) is 18.1 Å². The molecule has 28 heavy (non-hydrogen) atoms. The standard InChI is InChI=1S/C21H25N5O2/c1-14-22-17-10-4-3-9-16(17)20-23-25(21(28)26(14)20)13-19(27)24-12-6-8-15-7-2-5-11-18(15)24/h3-4,9-10,15,18H,2,5-8,11-13H2,1H3. The van der Waals surface area contributed by atoms with Crippen LogP contribution in [0.1, 0.15) is 44.3 Å². The van der Waals surface area contributed by atoms with Crippen LogP contribution in [0.2, 0.25) is 0 Å². The molecule has 2 atom stereocenters. The van der Waals surface area contributed by atoms with Crippen molar-refractivity contribution in [2.24, 2.45) is 5.92 Å². The molecule has 146 valence electrons. The van der Waals surface area contributed by atoms with Gasteiger partial charge in [0, 0.05) is 18.0 Å². The van der Waals surface area contributed by atoms with Crippen molar-refractivity contribution in [3.8, 4) is 0 Å². The van der Waals surface area contributed by atoms with Gasteiger partial charge in [0.05, 0.1) is 5.52 Å². The lowest BCUT2D eigenvalue weighted by Gasteiger charge is -2.44. The third-order valence-corrected chi connectivity index (χ3v) is 6.44. The average Bonchev–Trinajstić information content (AvgIpc) is 3.04. The van der Waals surface area contributed by atoms with E-state index in [0.717, 1.165) is 30.3 Å². The van der Waals surface area contributed by atoms with Gasteiger partial charge in [-0.2, -0.15) is 0 Å². The number of rotatable bonds is 2. The van der Waals surface area contributed by atoms with Crippen LogP contribution >= 0.6 is 0 Å². The number of carbonyl (C=O) groups excluding carboxylic acids is 1. The molecule has 2 aromatic heterocycles. The fourth-order valence-electron chi connectivity index (χ4n) is 5.11. The van der Waals surface area contributed by atoms with Gasteiger partial charge < -0.3 is 4.90 Å². The number of hydrogen-bond donors (Lipinski definition) is 0. The largest absolute Gasteiger partial charge is 0.352 e. The Bertz CT molecular complexity index is 1110. The molecule has 0 N–H and O–H groups in total. The van der Waals surface area contributed by atoms with E-state index in [0.29, 0.717) is 23.4 Å². The fourth-order valence-corrected chi connectivity index (χ4v) is 5.11. The van der Waals surface area contributed by atoms with Gasteiger partial charge >= 0.3 is 5.69 Å². The number of para-hydroxylation sites is 1. The molecule has 1 saturated carbocycles. The zero-order chi connectivity index (χ0) is 19.3. The lowest BCUT2D eigenvalue weighted by molar-refractivity contribution is -0.138. The predicted octanol–water partition coefficient (Wildman–Crippen LogP) is 2.53. The van der Waals surface area contributed by atoms with E-state index in [4.69, 9.17) is 0 Å². The quantitative estimate of drug-likeness (QED) is 0.686. The number of carbonyl (C=O) groups is 1. The first kappa shape index (κ1) is 17.4. The maximum absolute atomic E-state index is 13.1. The highest BCUT2D eigenvalue weighted by atomic mass is 16.2. The molecule has 0 bridgehead atoms. The highest BCUT2D eigenvalue weighted by molar-refractivity contribution is 5.91. The fraction of sp³-hybridized carbons (Fsp3) is 0.524. The molecular formula is C21H25N5O2. The lowest BCUT2D eigenvalue weighted by Crippen LogP contribution is -2.51. The molecule has 1 amide bonds. The molecule has 3 heterocycles. The summed E-state index contributed by atoms with van der Waals surface area (Å²) >= 11 is 0. The van der Waals surface area contributed by atoms with Crippen molar-refractivity contribution in [3.05, 3.63) is 40.6 Å². The van der Waals surface area contributed by atoms with E-state index >= 15 is 0 Å². The number of hydrogen-bond acceptors (Lipinski definition) is 4. The van der Waals surface area contributed by atoms with Gasteiger partial charge in [0.25, 0.3) is 0 Å². The Morgan fingerprint density at radius 1 is 1.14 bits per heavy atom. The molecule has 1 aliphatic heterocycles. The van der Waals surface area contributed by atoms with Crippen LogP contribution in [-0.2, 0) is 11.3 Å². The van der Waals surface area contributed by atoms with Crippen LogP contribution in [0.15, 0.2) is 29.1 Å². The molecule has 7 nitrogen and oxygen atoms in total. The van der Waals surface area contributed by atoms with Crippen LogP contribution in [0.25, 0.3) is 16.6 Å². The van der Waals surface area contributed by atoms with Crippen molar-refractivity contribution < 1.29 is 4.79 Å². The van der Waals surface area contributed by atoms with Crippen LogP contribution < -0.4 is 5.69 Å². The summed E-state index contributed by atoms with van der Waals surface area (Å²) in [7, 11) is 0. The molecule has 2 aliphatic rings. The summed E-state index contributed by atoms with van der Waals surface area (Å²) in [5.41, 5.74) is 1.07. The Hall–Kier alpha value is -2.70. The second-order valence-corrected chi connectivity index (χ2v) is 8.12. The molecule has 2 unspecified atom stereocenters. The van der Waals surface area contributed by atoms with Gasteiger partial charge in [-0.3, -0.25) is 4.79 Å². The Balaban J connectivity index is 1.50. The first-order valence-corrected chi connectivity index (χ1v) is 10.3. The first-order chi connectivity index (χ1) is 13.6. The second kappa shape index (κ2) is 6.72. The number of fused-ring (bicyclic) bond motifs is 4. The summed E-state index contributed by atoms with van der Waals surface area (Å²) in [6.07, 6.45) is 7.05. The third-order valence-electron chi connectivity index (χ3n) is 6.44. The zero-order valence-corrected chi connectivity index (χ0v) is 16.2. The monoisotopic (exact) mass is 379 g/mol. The van der Waals surface area contributed by atoms with Crippen LogP contribution in [0.4, 0.5) is 0 Å². The van der Waals surface area contributed by atoms with Crippen molar-refractivity contribution in [2.75, 3.05) is 6.54 Å². The van der Waals surface area contributed by atoms with Crippen molar-refractivity contribution in [1.29, 1.82) is 0 Å². The van der Waals surface area contributed by atoms with E-state index in [9.17, 15) is 9.59 Å². The normalized spacial score (nSPS) is 22.5. The molecular weight excluding hydrogens is 354 g/mol. The van der Waals surface area contributed by atoms with Gasteiger partial charge in [-0.15, -0.1) is 5.10 Å². The van der Waals surface area contributed by atoms with E-state index in [2.05, 4.69) is 10.1 Å². The molecule has 0 radical (unpaired) electrons. The van der Waals surface area contributed by atoms with Gasteiger partial charge in [-0.25, -0.2) is 18.9 Å². The molecule has 1 aromatic carbocycles. The molecule has 0 spiro atoms. The molecule has 7 heteroatoms. The lowest BCUT2D eigenvalue weighted by atomic mass is 9.78. The average molecular weight is 379 g/mol. The van der Waals surface area contributed by atoms with E-state index in [1.54, 1.807) is 6.92 Å². The Labute approximate surface area is 163 Å². The van der Waals surface area contributed by atoms with Gasteiger partial charge in [0.1, 0.15) is 12.4 Å². The molecule has 5 rings (SSSR count). The summed E-state index contributed by atoms with van der Waals surface area (Å²) in [6, 6.07) is 7.99. The van der Waals surface area contributed by atoms with E-state index in [1.807, 2.05) is 29.2 Å². The van der Waals surface area contributed by atoms with Crippen molar-refractivity contribution in [3.63, 3.8) is 0 Å². The van der Waals surface area contributed by atoms with Crippen LogP contribution in [0, 0.1) is 12.8 Å². The number of aromatic nitrogens is 4. The summed E-state index contributed by atoms with van der Waals surface area (Å²) in [4.78, 5) is 32.6. The maximum Gasteiger partial charge on any atom is 0.352 e. The molecule has 3 aromatic rings. The van der Waals surface area contributed by atoms with Gasteiger partial charge in [0.2, 0.25) is 5.91 Å². The smallest absolute Gasteiger partial charge is 0.338 e. The summed E-state index contributed by atoms with van der Waals surface area (Å²) in [5, 5.41) is 5.34. The topological polar surface area (TPSA) is 72.5 Å². The summed E-state index contributed by atoms with van der Waals surface area (Å²) in [5.74, 6) is 1.22. The zero-order valence-electron chi connectivity index (χ0n) is 16.2. The van der Waals surface area contributed by atoms with Crippen LogP contribution in [0.3, 0.4) is 0 Å². The summed E-state index contributed by atoms with van der Waals surface area (Å²) < 4.78 is 2.82. The highest BCUT2D eigenvalue weighted by Crippen LogP contribution is 2.35. The number of amides is 1. The SMILES string of the molecule is Cc1nc2ccccc2c2nn(CC(=O)N3CCCC4CCCCC43)c(=O)n12. The minimum atomic E-state index is -0.295. The predicted molar refractivity (Wildman–Crippen MR) is 106 cm³/mol. The minimum Gasteiger partial charge on any atom is -0.338 e. The van der Waals surface area contributed by atoms with Gasteiger partial charge in [-0.1, -0.05) is 25.0 Å². The molecule has 1 aliphatic carbocycles. The number of aryl methyl sites for hydroxylation is 1. The van der Waals surface area contributed by atoms with Gasteiger partial charge in [-0.05, 0) is 50.7 Å². The van der Waals surface area contributed by atoms with E-state index in [1.165, 1.54) is 34.8 Å². The Morgan fingerprint density at radius 2 is 1.93 bits per heavy atom. The van der Waals surface area contributed by atoms with Crippen LogP contribution in [-0.4, -0.2) is 42.6 Å². The van der Waals surface area contributed by atoms with Crippen molar-refractivity contribution >= 4 is 22.5 Å². The molecule has 2 fully saturated rings. The number of nitrogens with zero attached hydrogens (tertiary/aromatic N) is 5. The Morgan fingerprint density at radius 3 is 2.82 bits per heavy atom. The number of likely N-dealkylation sites (tertiary alicyclic amines) is 1. The Kier molecular flexibility index (Phi) is 4.18. The van der Waals surface area contributed by atoms with Crippen LogP contribution in [0.5, 0.6) is 0 Å². The first-order valence-electron chi connectivity index (χ1n) is 10.3. The minimum absolute atomic E-state index is 0.00248. The highest BCUT2D eigenvalue weighted by Gasteiger charge is 2.35. The number of piperidine rings is 1. The number of benzene rings is 1. The maximum atomic E-state index is 13.1. The molecule has 1 saturated heterocycles. The third kappa shape index (κ3) is 2.72. The van der Waals surface area contributed by atoms with Gasteiger partial charge in [0.15, 0.2) is 5.65 Å². The summed E-state index contributed by atoms with van der Waals surface area (Å²) in [6.45, 7) is 2.59. The second-order valence-electron chi connectivity index (χ2n) is 8.12. The van der Waals surface area contributed by atoms with Crippen molar-refractivity contribution in [2.45, 2.75) is 58.0 Å². The van der Waals surface area contributed by atoms with Crippen molar-refractivity contribution in [1.82, 2.24) is 24.1 Å².